The van der Waals surface area contributed by atoms with E-state index in [1.54, 1.807) is 0 Å². The second kappa shape index (κ2) is 2.55. The Balaban J connectivity index is 2.31. The summed E-state index contributed by atoms with van der Waals surface area (Å²) >= 11 is 1.89. The quantitative estimate of drug-likeness (QED) is 0.578. The van der Waals surface area contributed by atoms with Crippen molar-refractivity contribution in [2.45, 2.75) is 9.87 Å². The number of rotatable bonds is 1. The third-order valence-corrected chi connectivity index (χ3v) is 5.04. The van der Waals surface area contributed by atoms with Gasteiger partial charge < -0.3 is 14.9 Å². The Hall–Kier alpha value is -0.400. The van der Waals surface area contributed by atoms with E-state index in [2.05, 4.69) is 0 Å². The monoisotopic (exact) mass is 222 g/mol. The van der Waals surface area contributed by atoms with Gasteiger partial charge in [0, 0.05) is 5.75 Å². The molecule has 5 nitrogen and oxygen atoms in total. The van der Waals surface area contributed by atoms with Gasteiger partial charge in [0.2, 0.25) is 4.93 Å². The van der Waals surface area contributed by atoms with Crippen molar-refractivity contribution in [3.63, 3.8) is 0 Å². The second-order valence-corrected chi connectivity index (χ2v) is 5.30. The molecule has 2 bridgehead atoms. The molecule has 0 saturated carbocycles. The number of fused-ring (bicyclic) bond motifs is 3. The Morgan fingerprint density at radius 2 is 2.15 bits per heavy atom. The molecule has 0 aromatic rings. The number of esters is 1. The minimum atomic E-state index is -1.54. The van der Waals surface area contributed by atoms with Gasteiger partial charge in [0.25, 0.3) is 4.93 Å². The lowest BCUT2D eigenvalue weighted by Gasteiger charge is -2.44. The first-order chi connectivity index (χ1) is 5.99. The number of carbonyl (C=O) groups excluding carboxylic acids is 1. The van der Waals surface area contributed by atoms with Gasteiger partial charge in [-0.3, -0.25) is 0 Å². The standard InChI is InChI=1S/C6H6O5S2/c7-3(8)6-2-12-5(10,1-13-6)4(9)11-6/h10H,1-2H2,(H,7,8). The smallest absolute Gasteiger partial charge is 0.359 e. The molecule has 0 amide bonds. The molecule has 0 spiro atoms. The Morgan fingerprint density at radius 3 is 2.54 bits per heavy atom. The first kappa shape index (κ1) is 9.17. The van der Waals surface area contributed by atoms with E-state index in [0.717, 1.165) is 23.5 Å². The van der Waals surface area contributed by atoms with Gasteiger partial charge in [-0.05, 0) is 0 Å². The fourth-order valence-corrected chi connectivity index (χ4v) is 3.68. The Bertz CT molecular complexity index is 281. The molecule has 7 heteroatoms. The highest BCUT2D eigenvalue weighted by molar-refractivity contribution is 8.09. The Kier molecular flexibility index (Phi) is 1.80. The van der Waals surface area contributed by atoms with Crippen LogP contribution in [0, 0.1) is 0 Å². The number of aliphatic carboxylic acids is 1. The van der Waals surface area contributed by atoms with Crippen molar-refractivity contribution in [3.05, 3.63) is 0 Å². The fraction of sp³-hybridized carbons (Fsp3) is 0.667. The van der Waals surface area contributed by atoms with Gasteiger partial charge in [0.1, 0.15) is 0 Å². The molecule has 2 atom stereocenters. The summed E-state index contributed by atoms with van der Waals surface area (Å²) < 4.78 is 4.69. The lowest BCUT2D eigenvalue weighted by Crippen LogP contribution is -2.60. The van der Waals surface area contributed by atoms with Crippen LogP contribution in [0.25, 0.3) is 0 Å². The number of hydrogen-bond acceptors (Lipinski definition) is 6. The third kappa shape index (κ3) is 1.14. The largest absolute Gasteiger partial charge is 0.478 e. The maximum Gasteiger partial charge on any atom is 0.359 e. The first-order valence-electron chi connectivity index (χ1n) is 3.46. The molecular formula is C6H6O5S2. The highest BCUT2D eigenvalue weighted by atomic mass is 32.2. The molecule has 3 saturated heterocycles. The van der Waals surface area contributed by atoms with Gasteiger partial charge in [-0.25, -0.2) is 9.59 Å². The van der Waals surface area contributed by atoms with Crippen molar-refractivity contribution in [2.24, 2.45) is 0 Å². The van der Waals surface area contributed by atoms with Gasteiger partial charge in [-0.1, -0.05) is 11.8 Å². The average Bonchev–Trinajstić information content (AvgIpc) is 2.08. The zero-order valence-electron chi connectivity index (χ0n) is 6.35. The van der Waals surface area contributed by atoms with E-state index in [-0.39, 0.29) is 11.5 Å². The van der Waals surface area contributed by atoms with Crippen LogP contribution in [0.4, 0.5) is 0 Å². The highest BCUT2D eigenvalue weighted by Gasteiger charge is 2.61. The van der Waals surface area contributed by atoms with Crippen molar-refractivity contribution < 1.29 is 24.5 Å². The van der Waals surface area contributed by atoms with Crippen LogP contribution in [0.5, 0.6) is 0 Å². The van der Waals surface area contributed by atoms with Crippen LogP contribution in [-0.2, 0) is 14.3 Å². The van der Waals surface area contributed by atoms with Gasteiger partial charge >= 0.3 is 11.9 Å². The number of carboxylic acid groups (broad SMARTS) is 1. The zero-order valence-corrected chi connectivity index (χ0v) is 7.98. The molecule has 3 rings (SSSR count). The van der Waals surface area contributed by atoms with E-state index in [0.29, 0.717) is 0 Å². The zero-order chi connectivity index (χ0) is 9.69. The van der Waals surface area contributed by atoms with Crippen molar-refractivity contribution in [3.8, 4) is 0 Å². The predicted octanol–water partition coefficient (Wildman–Crippen LogP) is -0.507. The molecule has 3 fully saturated rings. The molecule has 0 radical (unpaired) electrons. The summed E-state index contributed by atoms with van der Waals surface area (Å²) in [5.74, 6) is -1.84. The number of thioether (sulfide) groups is 2. The van der Waals surface area contributed by atoms with Crippen molar-refractivity contribution in [2.75, 3.05) is 11.5 Å². The minimum Gasteiger partial charge on any atom is -0.478 e. The number of carbonyl (C=O) groups is 2. The van der Waals surface area contributed by atoms with Crippen LogP contribution in [-0.4, -0.2) is 43.5 Å². The number of ether oxygens (including phenoxy) is 1. The predicted molar refractivity (Wildman–Crippen MR) is 46.3 cm³/mol. The molecule has 3 aliphatic heterocycles. The molecule has 0 aliphatic carbocycles. The summed E-state index contributed by atoms with van der Waals surface area (Å²) in [6.07, 6.45) is 0. The van der Waals surface area contributed by atoms with Crippen LogP contribution in [0.2, 0.25) is 0 Å². The Morgan fingerprint density at radius 1 is 1.46 bits per heavy atom. The second-order valence-electron chi connectivity index (χ2n) is 2.81. The maximum absolute atomic E-state index is 11.1. The number of aliphatic hydroxyl groups is 1. The molecule has 13 heavy (non-hydrogen) atoms. The summed E-state index contributed by atoms with van der Waals surface area (Å²) in [4.78, 5) is 18.9. The van der Waals surface area contributed by atoms with Crippen LogP contribution in [0.3, 0.4) is 0 Å². The summed E-state index contributed by atoms with van der Waals surface area (Å²) in [7, 11) is 0. The van der Waals surface area contributed by atoms with Crippen LogP contribution in [0.15, 0.2) is 0 Å². The van der Waals surface area contributed by atoms with Crippen molar-refractivity contribution in [1.29, 1.82) is 0 Å². The number of hydrogen-bond donors (Lipinski definition) is 2. The van der Waals surface area contributed by atoms with E-state index in [9.17, 15) is 14.7 Å². The molecule has 2 N–H and O–H groups in total. The SMILES string of the molecule is O=C1OC2(C(=O)O)CSC1(O)CS2. The minimum absolute atomic E-state index is 0.0722. The van der Waals surface area contributed by atoms with Crippen molar-refractivity contribution in [1.82, 2.24) is 0 Å². The number of carboxylic acids is 1. The van der Waals surface area contributed by atoms with Gasteiger partial charge in [0.05, 0.1) is 5.75 Å². The molecular weight excluding hydrogens is 216 g/mol. The van der Waals surface area contributed by atoms with E-state index >= 15 is 0 Å². The van der Waals surface area contributed by atoms with E-state index < -0.39 is 21.8 Å². The maximum atomic E-state index is 11.1. The van der Waals surface area contributed by atoms with Crippen LogP contribution >= 0.6 is 23.5 Å². The highest BCUT2D eigenvalue weighted by Crippen LogP contribution is 2.50. The van der Waals surface area contributed by atoms with Gasteiger partial charge in [-0.15, -0.1) is 11.8 Å². The molecule has 2 unspecified atom stereocenters. The van der Waals surface area contributed by atoms with E-state index in [1.165, 1.54) is 0 Å². The summed E-state index contributed by atoms with van der Waals surface area (Å²) in [6.45, 7) is 0. The topological polar surface area (TPSA) is 83.8 Å². The fourth-order valence-electron chi connectivity index (χ4n) is 1.09. The summed E-state index contributed by atoms with van der Waals surface area (Å²) in [6, 6.07) is 0. The first-order valence-corrected chi connectivity index (χ1v) is 5.43. The third-order valence-electron chi connectivity index (χ3n) is 1.90. The lowest BCUT2D eigenvalue weighted by molar-refractivity contribution is -0.176. The van der Waals surface area contributed by atoms with Gasteiger partial charge in [-0.2, -0.15) is 0 Å². The normalized spacial score (nSPS) is 43.0. The summed E-state index contributed by atoms with van der Waals surface area (Å²) in [5, 5.41) is 18.4. The van der Waals surface area contributed by atoms with Crippen molar-refractivity contribution >= 4 is 35.5 Å². The molecule has 3 heterocycles. The van der Waals surface area contributed by atoms with Crippen LogP contribution in [0.1, 0.15) is 0 Å². The summed E-state index contributed by atoms with van der Waals surface area (Å²) in [5.41, 5.74) is 0. The molecule has 72 valence electrons. The van der Waals surface area contributed by atoms with E-state index in [4.69, 9.17) is 9.84 Å². The van der Waals surface area contributed by atoms with E-state index in [1.807, 2.05) is 0 Å². The molecule has 0 aromatic heterocycles. The van der Waals surface area contributed by atoms with Gasteiger partial charge in [0.15, 0.2) is 0 Å². The Labute approximate surface area is 81.8 Å². The molecule has 0 aromatic carbocycles. The average molecular weight is 222 g/mol. The molecule has 3 aliphatic rings. The lowest BCUT2D eigenvalue weighted by atomic mass is 10.3. The van der Waals surface area contributed by atoms with Crippen LogP contribution < -0.4 is 0 Å².